The molecular formula is C25H30BrN3O6S. The lowest BCUT2D eigenvalue weighted by Crippen LogP contribution is -2.52. The van der Waals surface area contributed by atoms with Crippen LogP contribution in [0.4, 0.5) is 5.69 Å². The summed E-state index contributed by atoms with van der Waals surface area (Å²) in [5.74, 6) is 0.169. The van der Waals surface area contributed by atoms with Gasteiger partial charge in [0.05, 0.1) is 11.9 Å². The van der Waals surface area contributed by atoms with Crippen molar-refractivity contribution in [2.75, 3.05) is 23.9 Å². The number of carbonyl (C=O) groups excluding carboxylic acids is 2. The minimum absolute atomic E-state index is 0.0463. The van der Waals surface area contributed by atoms with Crippen LogP contribution in [-0.2, 0) is 26.2 Å². The molecule has 1 saturated carbocycles. The number of nitrogens with one attached hydrogen (secondary N) is 1. The minimum atomic E-state index is -3.83. The molecule has 0 aromatic heterocycles. The third-order valence-electron chi connectivity index (χ3n) is 6.43. The maximum absolute atomic E-state index is 13.7. The number of benzene rings is 2. The summed E-state index contributed by atoms with van der Waals surface area (Å²) in [5, 5.41) is 3.05. The van der Waals surface area contributed by atoms with Crippen LogP contribution in [0.15, 0.2) is 46.9 Å². The van der Waals surface area contributed by atoms with Gasteiger partial charge in [0.1, 0.15) is 12.6 Å². The first-order valence-corrected chi connectivity index (χ1v) is 14.5. The van der Waals surface area contributed by atoms with Crippen LogP contribution < -0.4 is 19.1 Å². The van der Waals surface area contributed by atoms with Crippen LogP contribution in [0, 0.1) is 0 Å². The Hall–Kier alpha value is -2.79. The molecule has 11 heteroatoms. The van der Waals surface area contributed by atoms with Gasteiger partial charge < -0.3 is 19.7 Å². The molecule has 0 spiro atoms. The molecule has 0 unspecified atom stereocenters. The monoisotopic (exact) mass is 579 g/mol. The molecule has 2 aromatic rings. The zero-order valence-corrected chi connectivity index (χ0v) is 22.7. The average molecular weight is 581 g/mol. The highest BCUT2D eigenvalue weighted by Gasteiger charge is 2.32. The van der Waals surface area contributed by atoms with Crippen LogP contribution in [0.3, 0.4) is 0 Å². The first-order chi connectivity index (χ1) is 17.1. The predicted octanol–water partition coefficient (Wildman–Crippen LogP) is 3.42. The lowest BCUT2D eigenvalue weighted by atomic mass is 10.1. The fraction of sp³-hybridized carbons (Fsp3) is 0.440. The van der Waals surface area contributed by atoms with E-state index in [1.165, 1.54) is 11.0 Å². The Morgan fingerprint density at radius 3 is 2.53 bits per heavy atom. The molecule has 1 atom stereocenters. The van der Waals surface area contributed by atoms with Crippen LogP contribution >= 0.6 is 15.9 Å². The van der Waals surface area contributed by atoms with E-state index in [4.69, 9.17) is 9.47 Å². The van der Waals surface area contributed by atoms with Gasteiger partial charge in [0.2, 0.25) is 28.6 Å². The predicted molar refractivity (Wildman–Crippen MR) is 139 cm³/mol. The molecule has 9 nitrogen and oxygen atoms in total. The SMILES string of the molecule is C[C@H](C(=O)NC1CCCC1)N(Cc1cccc(Br)c1)C(=O)CN(c1ccc2c(c1)OCO2)S(C)(=O)=O. The van der Waals surface area contributed by atoms with E-state index in [0.29, 0.717) is 11.5 Å². The number of anilines is 1. The molecule has 2 aliphatic rings. The third-order valence-corrected chi connectivity index (χ3v) is 8.07. The molecule has 0 bridgehead atoms. The maximum Gasteiger partial charge on any atom is 0.244 e. The van der Waals surface area contributed by atoms with Crippen molar-refractivity contribution in [2.45, 2.75) is 51.2 Å². The third kappa shape index (κ3) is 6.31. The highest BCUT2D eigenvalue weighted by molar-refractivity contribution is 9.10. The number of ether oxygens (including phenoxy) is 2. The maximum atomic E-state index is 13.7. The fourth-order valence-electron chi connectivity index (χ4n) is 4.46. The normalized spacial score (nSPS) is 16.0. The van der Waals surface area contributed by atoms with Crippen LogP contribution in [-0.4, -0.2) is 56.8 Å². The van der Waals surface area contributed by atoms with Crippen molar-refractivity contribution < 1.29 is 27.5 Å². The van der Waals surface area contributed by atoms with E-state index in [1.807, 2.05) is 24.3 Å². The second-order valence-electron chi connectivity index (χ2n) is 9.12. The van der Waals surface area contributed by atoms with Crippen LogP contribution in [0.25, 0.3) is 0 Å². The summed E-state index contributed by atoms with van der Waals surface area (Å²) in [6.07, 6.45) is 5.02. The van der Waals surface area contributed by atoms with E-state index < -0.39 is 28.5 Å². The van der Waals surface area contributed by atoms with E-state index in [9.17, 15) is 18.0 Å². The zero-order chi connectivity index (χ0) is 25.9. The molecule has 1 N–H and O–H groups in total. The Balaban J connectivity index is 1.59. The van der Waals surface area contributed by atoms with Gasteiger partial charge in [-0.25, -0.2) is 8.42 Å². The largest absolute Gasteiger partial charge is 0.454 e. The summed E-state index contributed by atoms with van der Waals surface area (Å²) in [4.78, 5) is 28.2. The summed E-state index contributed by atoms with van der Waals surface area (Å²) in [5.41, 5.74) is 1.09. The van der Waals surface area contributed by atoms with E-state index in [2.05, 4.69) is 21.2 Å². The van der Waals surface area contributed by atoms with Crippen LogP contribution in [0.1, 0.15) is 38.2 Å². The van der Waals surface area contributed by atoms with Gasteiger partial charge in [-0.3, -0.25) is 13.9 Å². The van der Waals surface area contributed by atoms with Crippen molar-refractivity contribution in [3.63, 3.8) is 0 Å². The lowest BCUT2D eigenvalue weighted by molar-refractivity contribution is -0.139. The van der Waals surface area contributed by atoms with Crippen LogP contribution in [0.5, 0.6) is 11.5 Å². The van der Waals surface area contributed by atoms with Crippen molar-refractivity contribution in [2.24, 2.45) is 0 Å². The summed E-state index contributed by atoms with van der Waals surface area (Å²) < 4.78 is 38.0. The highest BCUT2D eigenvalue weighted by Crippen LogP contribution is 2.36. The summed E-state index contributed by atoms with van der Waals surface area (Å²) in [6, 6.07) is 11.5. The van der Waals surface area contributed by atoms with E-state index in [0.717, 1.165) is 46.3 Å². The Labute approximate surface area is 219 Å². The Morgan fingerprint density at radius 1 is 1.11 bits per heavy atom. The van der Waals surface area contributed by atoms with E-state index >= 15 is 0 Å². The first-order valence-electron chi connectivity index (χ1n) is 11.8. The van der Waals surface area contributed by atoms with Gasteiger partial charge in [0.15, 0.2) is 11.5 Å². The molecular weight excluding hydrogens is 550 g/mol. The number of fused-ring (bicyclic) bond motifs is 1. The van der Waals surface area contributed by atoms with Gasteiger partial charge in [0.25, 0.3) is 0 Å². The molecule has 1 aliphatic heterocycles. The number of sulfonamides is 1. The van der Waals surface area contributed by atoms with Crippen molar-refractivity contribution in [1.29, 1.82) is 0 Å². The van der Waals surface area contributed by atoms with Gasteiger partial charge in [-0.1, -0.05) is 40.9 Å². The van der Waals surface area contributed by atoms with Crippen molar-refractivity contribution >= 4 is 43.5 Å². The minimum Gasteiger partial charge on any atom is -0.454 e. The molecule has 1 aliphatic carbocycles. The van der Waals surface area contributed by atoms with Gasteiger partial charge in [-0.05, 0) is 49.6 Å². The zero-order valence-electron chi connectivity index (χ0n) is 20.3. The van der Waals surface area contributed by atoms with Crippen molar-refractivity contribution in [3.05, 3.63) is 52.5 Å². The molecule has 2 aromatic carbocycles. The molecule has 1 fully saturated rings. The van der Waals surface area contributed by atoms with E-state index in [-0.39, 0.29) is 31.0 Å². The highest BCUT2D eigenvalue weighted by atomic mass is 79.9. The number of halogens is 1. The fourth-order valence-corrected chi connectivity index (χ4v) is 5.75. The van der Waals surface area contributed by atoms with Crippen molar-refractivity contribution in [1.82, 2.24) is 10.2 Å². The van der Waals surface area contributed by atoms with Crippen LogP contribution in [0.2, 0.25) is 0 Å². The average Bonchev–Trinajstić information content (AvgIpc) is 3.51. The topological polar surface area (TPSA) is 105 Å². The number of hydrogen-bond acceptors (Lipinski definition) is 6. The Bertz CT molecular complexity index is 1230. The number of amides is 2. The molecule has 36 heavy (non-hydrogen) atoms. The molecule has 2 amide bonds. The Morgan fingerprint density at radius 2 is 1.83 bits per heavy atom. The second kappa shape index (κ2) is 11.1. The quantitative estimate of drug-likeness (QED) is 0.488. The lowest BCUT2D eigenvalue weighted by Gasteiger charge is -2.32. The second-order valence-corrected chi connectivity index (χ2v) is 11.9. The molecule has 194 valence electrons. The van der Waals surface area contributed by atoms with Gasteiger partial charge in [-0.15, -0.1) is 0 Å². The van der Waals surface area contributed by atoms with E-state index in [1.54, 1.807) is 19.1 Å². The molecule has 0 saturated heterocycles. The molecule has 0 radical (unpaired) electrons. The number of hydrogen-bond donors (Lipinski definition) is 1. The molecule has 4 rings (SSSR count). The molecule has 1 heterocycles. The Kier molecular flexibility index (Phi) is 8.09. The summed E-state index contributed by atoms with van der Waals surface area (Å²) in [7, 11) is -3.83. The van der Waals surface area contributed by atoms with Gasteiger partial charge in [-0.2, -0.15) is 0 Å². The number of carbonyl (C=O) groups is 2. The van der Waals surface area contributed by atoms with Gasteiger partial charge in [0, 0.05) is 23.1 Å². The summed E-state index contributed by atoms with van der Waals surface area (Å²) >= 11 is 3.44. The first kappa shape index (κ1) is 26.3. The van der Waals surface area contributed by atoms with Gasteiger partial charge >= 0.3 is 0 Å². The standard InChI is InChI=1S/C25H30BrN3O6S/c1-17(25(31)27-20-8-3-4-9-20)28(14-18-6-5-7-19(26)12-18)24(30)15-29(36(2,32)33)21-10-11-22-23(13-21)35-16-34-22/h5-7,10-13,17,20H,3-4,8-9,14-16H2,1-2H3,(H,27,31)/t17-/m1/s1. The summed E-state index contributed by atoms with van der Waals surface area (Å²) in [6.45, 7) is 1.40. The number of rotatable bonds is 9. The smallest absolute Gasteiger partial charge is 0.244 e. The number of nitrogens with zero attached hydrogens (tertiary/aromatic N) is 2. The van der Waals surface area contributed by atoms with Crippen molar-refractivity contribution in [3.8, 4) is 11.5 Å².